The summed E-state index contributed by atoms with van der Waals surface area (Å²) < 4.78 is 1.64. The number of hydrogen-bond donors (Lipinski definition) is 1. The van der Waals surface area contributed by atoms with E-state index in [1.165, 1.54) is 0 Å². The van der Waals surface area contributed by atoms with Crippen LogP contribution in [0.15, 0.2) is 59.9 Å². The Kier molecular flexibility index (Phi) is 5.66. The molecule has 0 aliphatic carbocycles. The molecule has 0 saturated carbocycles. The minimum absolute atomic E-state index is 0.173. The molecule has 3 aromatic rings. The molecule has 138 valence electrons. The van der Waals surface area contributed by atoms with E-state index in [1.54, 1.807) is 24.1 Å². The Morgan fingerprint density at radius 1 is 1.22 bits per heavy atom. The quantitative estimate of drug-likeness (QED) is 0.532. The number of nitrogens with one attached hydrogen (secondary N) is 1. The molecule has 0 atom stereocenters. The molecule has 0 fully saturated rings. The van der Waals surface area contributed by atoms with Crippen molar-refractivity contribution in [2.45, 2.75) is 13.8 Å². The summed E-state index contributed by atoms with van der Waals surface area (Å²) in [5, 5.41) is 11.1. The van der Waals surface area contributed by atoms with Gasteiger partial charge >= 0.3 is 0 Å². The molecular weight excluding hydrogens is 340 g/mol. The van der Waals surface area contributed by atoms with Gasteiger partial charge in [-0.25, -0.2) is 0 Å². The van der Waals surface area contributed by atoms with Crippen molar-refractivity contribution in [1.82, 2.24) is 9.78 Å². The first-order valence-corrected chi connectivity index (χ1v) is 8.75. The van der Waals surface area contributed by atoms with Crippen molar-refractivity contribution in [1.29, 1.82) is 0 Å². The fourth-order valence-electron chi connectivity index (χ4n) is 2.78. The minimum Gasteiger partial charge on any atom is -0.396 e. The van der Waals surface area contributed by atoms with Crippen molar-refractivity contribution in [3.05, 3.63) is 71.5 Å². The summed E-state index contributed by atoms with van der Waals surface area (Å²) >= 11 is 0. The first kappa shape index (κ1) is 18.4. The zero-order valence-electron chi connectivity index (χ0n) is 15.6. The molecule has 0 aliphatic rings. The second-order valence-corrected chi connectivity index (χ2v) is 6.08. The van der Waals surface area contributed by atoms with Crippen LogP contribution in [0.3, 0.4) is 0 Å². The predicted molar refractivity (Wildman–Crippen MR) is 107 cm³/mol. The van der Waals surface area contributed by atoms with Gasteiger partial charge in [-0.1, -0.05) is 47.6 Å². The molecule has 0 aliphatic heterocycles. The smallest absolute Gasteiger partial charge is 0.259 e. The predicted octanol–water partition coefficient (Wildman–Crippen LogP) is 4.02. The van der Waals surface area contributed by atoms with Gasteiger partial charge in [-0.05, 0) is 31.0 Å². The van der Waals surface area contributed by atoms with E-state index in [0.717, 1.165) is 22.4 Å². The summed E-state index contributed by atoms with van der Waals surface area (Å²) in [6.45, 7) is 4.25. The van der Waals surface area contributed by atoms with Crippen LogP contribution < -0.4 is 5.32 Å². The van der Waals surface area contributed by atoms with Crippen LogP contribution in [0.25, 0.3) is 11.1 Å². The van der Waals surface area contributed by atoms with E-state index in [2.05, 4.69) is 15.6 Å². The Bertz CT molecular complexity index is 959. The van der Waals surface area contributed by atoms with E-state index in [-0.39, 0.29) is 5.91 Å². The van der Waals surface area contributed by atoms with Crippen molar-refractivity contribution >= 4 is 17.8 Å². The van der Waals surface area contributed by atoms with E-state index in [1.807, 2.05) is 62.4 Å². The van der Waals surface area contributed by atoms with Crippen molar-refractivity contribution in [3.63, 3.8) is 0 Å². The number of carbonyl (C=O) groups excluding carboxylic acids is 1. The third-order valence-electron chi connectivity index (χ3n) is 4.06. The number of benzene rings is 2. The lowest BCUT2D eigenvalue weighted by Crippen LogP contribution is -2.13. The van der Waals surface area contributed by atoms with Crippen molar-refractivity contribution in [3.8, 4) is 11.1 Å². The highest BCUT2D eigenvalue weighted by Crippen LogP contribution is 2.28. The van der Waals surface area contributed by atoms with Gasteiger partial charge in [0.05, 0.1) is 17.5 Å². The number of rotatable bonds is 6. The van der Waals surface area contributed by atoms with Crippen LogP contribution in [0.4, 0.5) is 5.69 Å². The van der Waals surface area contributed by atoms with Crippen LogP contribution in [0, 0.1) is 6.92 Å². The van der Waals surface area contributed by atoms with Crippen LogP contribution >= 0.6 is 0 Å². The highest BCUT2D eigenvalue weighted by molar-refractivity contribution is 6.06. The van der Waals surface area contributed by atoms with Crippen molar-refractivity contribution in [2.24, 2.45) is 12.2 Å². The number of anilines is 1. The van der Waals surface area contributed by atoms with Gasteiger partial charge in [0.2, 0.25) is 0 Å². The van der Waals surface area contributed by atoms with Crippen LogP contribution in [0.2, 0.25) is 0 Å². The van der Waals surface area contributed by atoms with Crippen molar-refractivity contribution < 1.29 is 9.63 Å². The van der Waals surface area contributed by atoms with E-state index in [0.29, 0.717) is 17.9 Å². The number of aromatic nitrogens is 2. The molecule has 0 bridgehead atoms. The SMILES string of the molecule is CCO/N=C\c1ccc(-c2ccccc2NC(=O)c2cn(C)nc2C)cc1. The van der Waals surface area contributed by atoms with Crippen LogP contribution in [-0.4, -0.2) is 28.5 Å². The van der Waals surface area contributed by atoms with Gasteiger partial charge in [-0.15, -0.1) is 0 Å². The number of oxime groups is 1. The van der Waals surface area contributed by atoms with Crippen LogP contribution in [0.5, 0.6) is 0 Å². The molecule has 27 heavy (non-hydrogen) atoms. The molecule has 0 radical (unpaired) electrons. The van der Waals surface area contributed by atoms with E-state index < -0.39 is 0 Å². The third-order valence-corrected chi connectivity index (χ3v) is 4.06. The first-order valence-electron chi connectivity index (χ1n) is 8.75. The van der Waals surface area contributed by atoms with E-state index in [4.69, 9.17) is 4.84 Å². The zero-order chi connectivity index (χ0) is 19.2. The molecule has 1 heterocycles. The van der Waals surface area contributed by atoms with Gasteiger partial charge in [0, 0.05) is 24.5 Å². The lowest BCUT2D eigenvalue weighted by molar-refractivity contribution is 0.102. The van der Waals surface area contributed by atoms with Gasteiger partial charge < -0.3 is 10.2 Å². The molecule has 0 unspecified atom stereocenters. The average molecular weight is 362 g/mol. The highest BCUT2D eigenvalue weighted by atomic mass is 16.6. The zero-order valence-corrected chi connectivity index (χ0v) is 15.6. The standard InChI is InChI=1S/C21H22N4O2/c1-4-27-22-13-16-9-11-17(12-10-16)18-7-5-6-8-20(18)23-21(26)19-14-25(3)24-15(19)2/h5-14H,4H2,1-3H3,(H,23,26)/b22-13-. The molecule has 1 aromatic heterocycles. The number of carbonyl (C=O) groups is 1. The summed E-state index contributed by atoms with van der Waals surface area (Å²) in [6, 6.07) is 15.6. The van der Waals surface area contributed by atoms with Crippen LogP contribution in [-0.2, 0) is 11.9 Å². The van der Waals surface area contributed by atoms with E-state index in [9.17, 15) is 4.79 Å². The Hall–Kier alpha value is -3.41. The summed E-state index contributed by atoms with van der Waals surface area (Å²) in [5.41, 5.74) is 4.91. The number of aryl methyl sites for hydroxylation is 2. The molecule has 1 N–H and O–H groups in total. The second-order valence-electron chi connectivity index (χ2n) is 6.08. The average Bonchev–Trinajstić information content (AvgIpc) is 3.01. The Morgan fingerprint density at radius 3 is 2.63 bits per heavy atom. The number of hydrogen-bond acceptors (Lipinski definition) is 4. The molecule has 0 spiro atoms. The van der Waals surface area contributed by atoms with Gasteiger partial charge in [0.25, 0.3) is 5.91 Å². The van der Waals surface area contributed by atoms with E-state index >= 15 is 0 Å². The van der Waals surface area contributed by atoms with Crippen molar-refractivity contribution in [2.75, 3.05) is 11.9 Å². The topological polar surface area (TPSA) is 68.5 Å². The van der Waals surface area contributed by atoms with Gasteiger partial charge in [0.15, 0.2) is 0 Å². The Morgan fingerprint density at radius 2 is 1.96 bits per heavy atom. The normalized spacial score (nSPS) is 10.9. The highest BCUT2D eigenvalue weighted by Gasteiger charge is 2.14. The van der Waals surface area contributed by atoms with Gasteiger partial charge in [-0.2, -0.15) is 5.10 Å². The summed E-state index contributed by atoms with van der Waals surface area (Å²) in [6.07, 6.45) is 3.39. The number of para-hydroxylation sites is 1. The first-order chi connectivity index (χ1) is 13.1. The minimum atomic E-state index is -0.173. The maximum atomic E-state index is 12.6. The molecule has 3 rings (SSSR count). The lowest BCUT2D eigenvalue weighted by atomic mass is 10.0. The molecule has 6 heteroatoms. The molecule has 0 saturated heterocycles. The van der Waals surface area contributed by atoms with Gasteiger partial charge in [-0.3, -0.25) is 9.48 Å². The van der Waals surface area contributed by atoms with Gasteiger partial charge in [0.1, 0.15) is 6.61 Å². The largest absolute Gasteiger partial charge is 0.396 e. The Balaban J connectivity index is 1.83. The number of nitrogens with zero attached hydrogens (tertiary/aromatic N) is 3. The third kappa shape index (κ3) is 4.41. The maximum Gasteiger partial charge on any atom is 0.259 e. The number of amides is 1. The summed E-state index contributed by atoms with van der Waals surface area (Å²) in [4.78, 5) is 17.6. The molecule has 2 aromatic carbocycles. The Labute approximate surface area is 158 Å². The summed E-state index contributed by atoms with van der Waals surface area (Å²) in [5.74, 6) is -0.173. The second kappa shape index (κ2) is 8.31. The van der Waals surface area contributed by atoms with Crippen LogP contribution in [0.1, 0.15) is 28.5 Å². The lowest BCUT2D eigenvalue weighted by Gasteiger charge is -2.11. The maximum absolute atomic E-state index is 12.6. The fraction of sp³-hybridized carbons (Fsp3) is 0.190. The molecule has 6 nitrogen and oxygen atoms in total. The molecular formula is C21H22N4O2. The fourth-order valence-corrected chi connectivity index (χ4v) is 2.78. The summed E-state index contributed by atoms with van der Waals surface area (Å²) in [7, 11) is 1.80. The molecule has 1 amide bonds. The monoisotopic (exact) mass is 362 g/mol.